The lowest BCUT2D eigenvalue weighted by Crippen LogP contribution is -2.38. The second kappa shape index (κ2) is 10.7. The van der Waals surface area contributed by atoms with Gasteiger partial charge in [0, 0.05) is 37.5 Å². The summed E-state index contributed by atoms with van der Waals surface area (Å²) in [4.78, 5) is 16.8. The van der Waals surface area contributed by atoms with Crippen molar-refractivity contribution in [3.8, 4) is 5.75 Å². The van der Waals surface area contributed by atoms with Crippen LogP contribution in [-0.4, -0.2) is 38.1 Å². The minimum absolute atomic E-state index is 0. The number of benzene rings is 2. The number of carbonyl (C=O) groups excluding carboxylic acids is 1. The van der Waals surface area contributed by atoms with Gasteiger partial charge in [0.1, 0.15) is 5.75 Å². The van der Waals surface area contributed by atoms with Gasteiger partial charge in [-0.15, -0.1) is 24.0 Å². The highest BCUT2D eigenvalue weighted by Gasteiger charge is 2.24. The quantitative estimate of drug-likeness (QED) is 0.310. The zero-order valence-corrected chi connectivity index (χ0v) is 19.6. The number of amides is 1. The molecule has 2 heterocycles. The average molecular weight is 520 g/mol. The number of nitrogens with one attached hydrogen (secondary N) is 3. The number of guanidine groups is 1. The maximum atomic E-state index is 12.0. The fraction of sp³-hybridized carbons (Fsp3) is 0.391. The fourth-order valence-corrected chi connectivity index (χ4v) is 3.93. The highest BCUT2D eigenvalue weighted by molar-refractivity contribution is 14.0. The molecule has 160 valence electrons. The number of carbonyl (C=O) groups is 1. The van der Waals surface area contributed by atoms with Crippen molar-refractivity contribution in [3.63, 3.8) is 0 Å². The van der Waals surface area contributed by atoms with Crippen molar-refractivity contribution in [2.45, 2.75) is 32.1 Å². The van der Waals surface area contributed by atoms with Crippen LogP contribution in [0.5, 0.6) is 5.75 Å². The molecule has 0 radical (unpaired) electrons. The van der Waals surface area contributed by atoms with Gasteiger partial charge in [-0.25, -0.2) is 0 Å². The van der Waals surface area contributed by atoms with E-state index in [-0.39, 0.29) is 35.8 Å². The molecule has 1 amide bonds. The fourth-order valence-electron chi connectivity index (χ4n) is 3.93. The lowest BCUT2D eigenvalue weighted by Gasteiger charge is -2.24. The van der Waals surface area contributed by atoms with E-state index >= 15 is 0 Å². The zero-order chi connectivity index (χ0) is 20.1. The van der Waals surface area contributed by atoms with Crippen LogP contribution in [0, 0.1) is 0 Å². The van der Waals surface area contributed by atoms with Crippen LogP contribution in [0.1, 0.15) is 36.0 Å². The van der Waals surface area contributed by atoms with Gasteiger partial charge in [0.05, 0.1) is 13.2 Å². The van der Waals surface area contributed by atoms with Gasteiger partial charge in [-0.05, 0) is 42.2 Å². The van der Waals surface area contributed by atoms with Crippen molar-refractivity contribution in [3.05, 3.63) is 59.2 Å². The Balaban J connectivity index is 0.00000256. The summed E-state index contributed by atoms with van der Waals surface area (Å²) < 4.78 is 5.58. The van der Waals surface area contributed by atoms with E-state index in [1.165, 1.54) is 11.1 Å². The normalized spacial score (nSPS) is 17.2. The summed E-state index contributed by atoms with van der Waals surface area (Å²) in [7, 11) is 0. The summed E-state index contributed by atoms with van der Waals surface area (Å²) >= 11 is 0. The molecule has 30 heavy (non-hydrogen) atoms. The number of rotatable bonds is 6. The number of ether oxygens (including phenoxy) is 1. The Morgan fingerprint density at radius 3 is 2.97 bits per heavy atom. The van der Waals surface area contributed by atoms with Crippen LogP contribution in [-0.2, 0) is 17.6 Å². The third-order valence-corrected chi connectivity index (χ3v) is 5.38. The SMILES string of the molecule is CCNC(=NCC1CC(=O)Nc2ccccc21)NCCc1ccc2c(c1)CCO2.I. The number of para-hydroxylation sites is 1. The number of hydrogen-bond donors (Lipinski definition) is 3. The molecule has 2 aromatic carbocycles. The monoisotopic (exact) mass is 520 g/mol. The van der Waals surface area contributed by atoms with Gasteiger partial charge in [0.2, 0.25) is 5.91 Å². The van der Waals surface area contributed by atoms with E-state index in [1.807, 2.05) is 18.2 Å². The van der Waals surface area contributed by atoms with E-state index in [0.717, 1.165) is 55.5 Å². The standard InChI is InChI=1S/C23H28N4O2.HI/c1-2-24-23(25-11-9-16-7-8-21-17(13-16)10-12-29-21)26-15-18-14-22(28)27-20-6-4-3-5-19(18)20;/h3-8,13,18H,2,9-12,14-15H2,1H3,(H,27,28)(H2,24,25,26);1H. The van der Waals surface area contributed by atoms with E-state index in [1.54, 1.807) is 0 Å². The Kier molecular flexibility index (Phi) is 7.95. The molecule has 2 aliphatic heterocycles. The van der Waals surface area contributed by atoms with Crippen molar-refractivity contribution >= 4 is 41.5 Å². The van der Waals surface area contributed by atoms with Crippen LogP contribution < -0.4 is 20.7 Å². The Morgan fingerprint density at radius 1 is 1.23 bits per heavy atom. The van der Waals surface area contributed by atoms with Gasteiger partial charge in [-0.2, -0.15) is 0 Å². The Bertz CT molecular complexity index is 916. The van der Waals surface area contributed by atoms with E-state index in [0.29, 0.717) is 13.0 Å². The molecule has 0 spiro atoms. The van der Waals surface area contributed by atoms with E-state index in [9.17, 15) is 4.79 Å². The van der Waals surface area contributed by atoms with Crippen molar-refractivity contribution in [2.75, 3.05) is 31.6 Å². The number of fused-ring (bicyclic) bond motifs is 2. The Hall–Kier alpha value is -2.29. The summed E-state index contributed by atoms with van der Waals surface area (Å²) in [5, 5.41) is 9.67. The summed E-state index contributed by atoms with van der Waals surface area (Å²) in [5.41, 5.74) is 4.67. The molecular formula is C23H29IN4O2. The van der Waals surface area contributed by atoms with Gasteiger partial charge in [-0.3, -0.25) is 9.79 Å². The van der Waals surface area contributed by atoms with Crippen LogP contribution in [0.2, 0.25) is 0 Å². The van der Waals surface area contributed by atoms with Gasteiger partial charge >= 0.3 is 0 Å². The molecule has 1 atom stereocenters. The molecule has 2 aromatic rings. The van der Waals surface area contributed by atoms with Crippen molar-refractivity contribution < 1.29 is 9.53 Å². The molecule has 1 unspecified atom stereocenters. The first-order valence-corrected chi connectivity index (χ1v) is 10.4. The Labute approximate surface area is 194 Å². The van der Waals surface area contributed by atoms with E-state index in [4.69, 9.17) is 9.73 Å². The number of nitrogens with zero attached hydrogens (tertiary/aromatic N) is 1. The van der Waals surface area contributed by atoms with Gasteiger partial charge < -0.3 is 20.7 Å². The largest absolute Gasteiger partial charge is 0.493 e. The first kappa shape index (κ1) is 22.4. The molecule has 6 nitrogen and oxygen atoms in total. The second-order valence-electron chi connectivity index (χ2n) is 7.47. The van der Waals surface area contributed by atoms with Gasteiger partial charge in [0.25, 0.3) is 0 Å². The molecule has 0 saturated carbocycles. The molecule has 0 fully saturated rings. The topological polar surface area (TPSA) is 74.8 Å². The maximum absolute atomic E-state index is 12.0. The number of hydrogen-bond acceptors (Lipinski definition) is 3. The molecule has 0 bridgehead atoms. The number of aliphatic imine (C=N–C) groups is 1. The van der Waals surface area contributed by atoms with Crippen LogP contribution in [0.25, 0.3) is 0 Å². The van der Waals surface area contributed by atoms with Gasteiger partial charge in [0.15, 0.2) is 5.96 Å². The van der Waals surface area contributed by atoms with Crippen molar-refractivity contribution in [1.29, 1.82) is 0 Å². The van der Waals surface area contributed by atoms with E-state index in [2.05, 4.69) is 47.1 Å². The number of halogens is 1. The summed E-state index contributed by atoms with van der Waals surface area (Å²) in [6.07, 6.45) is 2.39. The molecule has 0 saturated heterocycles. The highest BCUT2D eigenvalue weighted by atomic mass is 127. The lowest BCUT2D eigenvalue weighted by atomic mass is 9.91. The Morgan fingerprint density at radius 2 is 2.10 bits per heavy atom. The molecule has 4 rings (SSSR count). The van der Waals surface area contributed by atoms with Crippen molar-refractivity contribution in [1.82, 2.24) is 10.6 Å². The second-order valence-corrected chi connectivity index (χ2v) is 7.47. The van der Waals surface area contributed by atoms with E-state index < -0.39 is 0 Å². The number of anilines is 1. The first-order chi connectivity index (χ1) is 14.2. The maximum Gasteiger partial charge on any atom is 0.225 e. The zero-order valence-electron chi connectivity index (χ0n) is 17.2. The van der Waals surface area contributed by atoms with Gasteiger partial charge in [-0.1, -0.05) is 30.3 Å². The molecule has 0 aliphatic carbocycles. The van der Waals surface area contributed by atoms with Crippen LogP contribution in [0.4, 0.5) is 5.69 Å². The lowest BCUT2D eigenvalue weighted by molar-refractivity contribution is -0.116. The molecule has 7 heteroatoms. The average Bonchev–Trinajstić information content (AvgIpc) is 3.19. The molecular weight excluding hydrogens is 491 g/mol. The predicted molar refractivity (Wildman–Crippen MR) is 131 cm³/mol. The predicted octanol–water partition coefficient (Wildman–Crippen LogP) is 3.46. The molecule has 2 aliphatic rings. The summed E-state index contributed by atoms with van der Waals surface area (Å²) in [6.45, 7) is 5.02. The van der Waals surface area contributed by atoms with Crippen LogP contribution in [0.3, 0.4) is 0 Å². The summed E-state index contributed by atoms with van der Waals surface area (Å²) in [6, 6.07) is 14.4. The van der Waals surface area contributed by atoms with Crippen LogP contribution in [0.15, 0.2) is 47.5 Å². The summed E-state index contributed by atoms with van der Waals surface area (Å²) in [5.74, 6) is 1.98. The van der Waals surface area contributed by atoms with Crippen molar-refractivity contribution in [2.24, 2.45) is 4.99 Å². The smallest absolute Gasteiger partial charge is 0.225 e. The molecule has 3 N–H and O–H groups in total. The molecule has 0 aromatic heterocycles. The third-order valence-electron chi connectivity index (χ3n) is 5.38. The first-order valence-electron chi connectivity index (χ1n) is 10.4. The highest BCUT2D eigenvalue weighted by Crippen LogP contribution is 2.32. The third kappa shape index (κ3) is 5.44. The minimum Gasteiger partial charge on any atom is -0.493 e. The minimum atomic E-state index is 0. The van der Waals surface area contributed by atoms with Crippen LogP contribution >= 0.6 is 24.0 Å².